The van der Waals surface area contributed by atoms with E-state index in [1.165, 1.54) is 0 Å². The van der Waals surface area contributed by atoms with Gasteiger partial charge in [0, 0.05) is 32.8 Å². The van der Waals surface area contributed by atoms with Gasteiger partial charge in [0.1, 0.15) is 0 Å². The minimum atomic E-state index is -0.253. The Morgan fingerprint density at radius 1 is 1.21 bits per heavy atom. The maximum Gasteiger partial charge on any atom is 0.0691 e. The van der Waals surface area contributed by atoms with Gasteiger partial charge in [0.2, 0.25) is 0 Å². The second kappa shape index (κ2) is 6.21. The van der Waals surface area contributed by atoms with Crippen molar-refractivity contribution in [1.82, 2.24) is 0 Å². The molecule has 0 radical (unpaired) electrons. The highest BCUT2D eigenvalue weighted by Gasteiger charge is 2.43. The summed E-state index contributed by atoms with van der Waals surface area (Å²) in [6, 6.07) is 2.53. The third-order valence-electron chi connectivity index (χ3n) is 4.92. The van der Waals surface area contributed by atoms with Crippen molar-refractivity contribution in [1.29, 1.82) is 5.26 Å². The molecule has 2 saturated heterocycles. The molecular formula is C15H25NO3. The molecule has 0 aliphatic carbocycles. The van der Waals surface area contributed by atoms with Gasteiger partial charge in [0.15, 0.2) is 0 Å². The summed E-state index contributed by atoms with van der Waals surface area (Å²) in [5, 5.41) is 9.50. The van der Waals surface area contributed by atoms with Crippen molar-refractivity contribution in [2.24, 2.45) is 16.7 Å². The molecule has 2 rings (SSSR count). The van der Waals surface area contributed by atoms with Gasteiger partial charge in [-0.2, -0.15) is 5.26 Å². The quantitative estimate of drug-likeness (QED) is 0.784. The lowest BCUT2D eigenvalue weighted by atomic mass is 9.65. The number of methoxy groups -OCH3 is 1. The van der Waals surface area contributed by atoms with Gasteiger partial charge in [0.05, 0.1) is 24.7 Å². The van der Waals surface area contributed by atoms with Crippen molar-refractivity contribution in [2.45, 2.75) is 32.6 Å². The van der Waals surface area contributed by atoms with Crippen LogP contribution in [0.2, 0.25) is 0 Å². The highest BCUT2D eigenvalue weighted by Crippen LogP contribution is 2.45. The van der Waals surface area contributed by atoms with Gasteiger partial charge in [0.25, 0.3) is 0 Å². The molecule has 2 heterocycles. The van der Waals surface area contributed by atoms with E-state index in [4.69, 9.17) is 14.2 Å². The Labute approximate surface area is 116 Å². The Morgan fingerprint density at radius 2 is 1.89 bits per heavy atom. The molecule has 2 aliphatic rings. The zero-order valence-corrected chi connectivity index (χ0v) is 12.1. The second-order valence-electron chi connectivity index (χ2n) is 6.30. The first-order chi connectivity index (χ1) is 9.14. The predicted molar refractivity (Wildman–Crippen MR) is 71.6 cm³/mol. The first kappa shape index (κ1) is 14.8. The molecule has 2 atom stereocenters. The smallest absolute Gasteiger partial charge is 0.0691 e. The van der Waals surface area contributed by atoms with Gasteiger partial charge in [-0.3, -0.25) is 0 Å². The molecular weight excluding hydrogens is 242 g/mol. The molecule has 4 heteroatoms. The molecule has 0 saturated carbocycles. The molecule has 0 N–H and O–H groups in total. The van der Waals surface area contributed by atoms with Gasteiger partial charge in [-0.05, 0) is 38.0 Å². The maximum atomic E-state index is 9.50. The largest absolute Gasteiger partial charge is 0.384 e. The first-order valence-electron chi connectivity index (χ1n) is 7.20. The highest BCUT2D eigenvalue weighted by molar-refractivity contribution is 5.03. The van der Waals surface area contributed by atoms with Crippen molar-refractivity contribution in [3.63, 3.8) is 0 Å². The van der Waals surface area contributed by atoms with Gasteiger partial charge in [-0.25, -0.2) is 0 Å². The minimum absolute atomic E-state index is 0.163. The van der Waals surface area contributed by atoms with E-state index in [1.807, 2.05) is 0 Å². The van der Waals surface area contributed by atoms with E-state index in [1.54, 1.807) is 7.11 Å². The molecule has 2 fully saturated rings. The van der Waals surface area contributed by atoms with E-state index in [9.17, 15) is 5.26 Å². The monoisotopic (exact) mass is 267 g/mol. The van der Waals surface area contributed by atoms with Crippen molar-refractivity contribution >= 4 is 0 Å². The van der Waals surface area contributed by atoms with E-state index in [2.05, 4.69) is 13.0 Å². The molecule has 4 nitrogen and oxygen atoms in total. The normalized spacial score (nSPS) is 34.7. The third kappa shape index (κ3) is 3.28. The highest BCUT2D eigenvalue weighted by atomic mass is 16.5. The molecule has 0 aromatic rings. The number of nitrogens with zero attached hydrogens (tertiary/aromatic N) is 1. The molecule has 19 heavy (non-hydrogen) atoms. The van der Waals surface area contributed by atoms with E-state index in [0.717, 1.165) is 45.5 Å². The van der Waals surface area contributed by atoms with Crippen LogP contribution in [0.5, 0.6) is 0 Å². The molecule has 2 aliphatic heterocycles. The average Bonchev–Trinajstić information content (AvgIpc) is 2.43. The van der Waals surface area contributed by atoms with Gasteiger partial charge in [-0.15, -0.1) is 0 Å². The van der Waals surface area contributed by atoms with Gasteiger partial charge in [-0.1, -0.05) is 0 Å². The molecule has 1 unspecified atom stereocenters. The lowest BCUT2D eigenvalue weighted by molar-refractivity contribution is -0.0763. The zero-order chi connectivity index (χ0) is 13.8. The summed E-state index contributed by atoms with van der Waals surface area (Å²) in [5.41, 5.74) is -0.0895. The van der Waals surface area contributed by atoms with Crippen LogP contribution in [-0.2, 0) is 14.2 Å². The summed E-state index contributed by atoms with van der Waals surface area (Å²) >= 11 is 0. The lowest BCUT2D eigenvalue weighted by Gasteiger charge is -2.44. The van der Waals surface area contributed by atoms with E-state index < -0.39 is 0 Å². The van der Waals surface area contributed by atoms with E-state index in [-0.39, 0.29) is 10.8 Å². The summed E-state index contributed by atoms with van der Waals surface area (Å²) in [7, 11) is 1.76. The summed E-state index contributed by atoms with van der Waals surface area (Å²) < 4.78 is 16.6. The number of hydrogen-bond acceptors (Lipinski definition) is 4. The Balaban J connectivity index is 2.09. The average molecular weight is 267 g/mol. The zero-order valence-electron chi connectivity index (χ0n) is 12.1. The number of hydrogen-bond donors (Lipinski definition) is 0. The number of ether oxygens (including phenoxy) is 3. The Morgan fingerprint density at radius 3 is 2.53 bits per heavy atom. The Hall–Kier alpha value is -0.630. The van der Waals surface area contributed by atoms with Crippen LogP contribution in [0, 0.1) is 28.1 Å². The van der Waals surface area contributed by atoms with Crippen LogP contribution in [0.1, 0.15) is 32.6 Å². The number of nitriles is 1. The van der Waals surface area contributed by atoms with Crippen molar-refractivity contribution in [3.05, 3.63) is 0 Å². The maximum absolute atomic E-state index is 9.50. The summed E-state index contributed by atoms with van der Waals surface area (Å²) in [6.45, 7) is 5.87. The van der Waals surface area contributed by atoms with E-state index in [0.29, 0.717) is 19.1 Å². The molecule has 108 valence electrons. The predicted octanol–water partition coefficient (Wildman–Crippen LogP) is 2.39. The van der Waals surface area contributed by atoms with Crippen LogP contribution in [-0.4, -0.2) is 40.1 Å². The lowest BCUT2D eigenvalue weighted by Crippen LogP contribution is -2.43. The molecule has 0 bridgehead atoms. The van der Waals surface area contributed by atoms with Crippen molar-refractivity contribution in [2.75, 3.05) is 40.1 Å². The van der Waals surface area contributed by atoms with Crippen LogP contribution < -0.4 is 0 Å². The van der Waals surface area contributed by atoms with Gasteiger partial charge >= 0.3 is 0 Å². The summed E-state index contributed by atoms with van der Waals surface area (Å²) in [4.78, 5) is 0. The van der Waals surface area contributed by atoms with Crippen molar-refractivity contribution in [3.8, 4) is 6.07 Å². The second-order valence-corrected chi connectivity index (χ2v) is 6.30. The Bertz CT molecular complexity index is 327. The topological polar surface area (TPSA) is 51.5 Å². The molecule has 0 spiro atoms. The SMILES string of the molecule is COCC1(CC2COCC[C@]2(C)C#N)CCOCC1. The van der Waals surface area contributed by atoms with Crippen LogP contribution >= 0.6 is 0 Å². The van der Waals surface area contributed by atoms with Crippen molar-refractivity contribution < 1.29 is 14.2 Å². The molecule has 0 aromatic heterocycles. The van der Waals surface area contributed by atoms with Gasteiger partial charge < -0.3 is 14.2 Å². The van der Waals surface area contributed by atoms with Crippen LogP contribution in [0.4, 0.5) is 0 Å². The number of rotatable bonds is 4. The fourth-order valence-corrected chi connectivity index (χ4v) is 3.37. The molecule has 0 aromatic carbocycles. The minimum Gasteiger partial charge on any atom is -0.384 e. The fourth-order valence-electron chi connectivity index (χ4n) is 3.37. The fraction of sp³-hybridized carbons (Fsp3) is 0.933. The van der Waals surface area contributed by atoms with Crippen LogP contribution in [0.25, 0.3) is 0 Å². The summed E-state index contributed by atoms with van der Waals surface area (Å²) in [6.07, 6.45) is 3.90. The summed E-state index contributed by atoms with van der Waals surface area (Å²) in [5.74, 6) is 0.305. The third-order valence-corrected chi connectivity index (χ3v) is 4.92. The van der Waals surface area contributed by atoms with E-state index >= 15 is 0 Å². The van der Waals surface area contributed by atoms with Crippen LogP contribution in [0.3, 0.4) is 0 Å². The molecule has 0 amide bonds. The Kier molecular flexibility index (Phi) is 4.83. The first-order valence-corrected chi connectivity index (χ1v) is 7.20. The standard InChI is InChI=1S/C15H25NO3/c1-14(11-16)3-6-19-10-13(14)9-15(12-17-2)4-7-18-8-5-15/h13H,3-10,12H2,1-2H3/t13?,14-/m1/s1. The van der Waals surface area contributed by atoms with Crippen LogP contribution in [0.15, 0.2) is 0 Å².